The Balaban J connectivity index is 3.22. The maximum Gasteiger partial charge on any atom is 0.416 e. The number of hydrogen-bond acceptors (Lipinski definition) is 2. The number of halogens is 3. The molecule has 0 radical (unpaired) electrons. The number of phenols is 1. The van der Waals surface area contributed by atoms with E-state index < -0.39 is 17.8 Å². The lowest BCUT2D eigenvalue weighted by molar-refractivity contribution is -0.137. The summed E-state index contributed by atoms with van der Waals surface area (Å²) >= 11 is 0. The molecule has 15 heavy (non-hydrogen) atoms. The number of aromatic hydroxyl groups is 1. The lowest BCUT2D eigenvalue weighted by atomic mass is 10.0. The van der Waals surface area contributed by atoms with Gasteiger partial charge in [-0.2, -0.15) is 13.2 Å². The maximum absolute atomic E-state index is 12.3. The van der Waals surface area contributed by atoms with Crippen LogP contribution in [0.1, 0.15) is 17.2 Å². The summed E-state index contributed by atoms with van der Waals surface area (Å²) in [6.45, 7) is 3.35. The fraction of sp³-hybridized carbons (Fsp3) is 0.200. The second-order valence-electron chi connectivity index (χ2n) is 3.03. The molecule has 3 N–H and O–H groups in total. The van der Waals surface area contributed by atoms with Gasteiger partial charge in [0.2, 0.25) is 0 Å². The van der Waals surface area contributed by atoms with Crippen LogP contribution in [0.4, 0.5) is 13.2 Å². The van der Waals surface area contributed by atoms with Crippen LogP contribution in [0.2, 0.25) is 0 Å². The lowest BCUT2D eigenvalue weighted by Gasteiger charge is -2.13. The zero-order chi connectivity index (χ0) is 11.6. The van der Waals surface area contributed by atoms with Gasteiger partial charge in [0.15, 0.2) is 0 Å². The van der Waals surface area contributed by atoms with Crippen LogP contribution in [0.25, 0.3) is 0 Å². The van der Waals surface area contributed by atoms with Crippen LogP contribution in [0.5, 0.6) is 5.75 Å². The first kappa shape index (κ1) is 11.6. The van der Waals surface area contributed by atoms with E-state index in [1.807, 2.05) is 0 Å². The summed E-state index contributed by atoms with van der Waals surface area (Å²) in [5, 5.41) is 9.31. The second kappa shape index (κ2) is 3.94. The van der Waals surface area contributed by atoms with E-state index in [0.717, 1.165) is 18.2 Å². The fourth-order valence-corrected chi connectivity index (χ4v) is 1.12. The van der Waals surface area contributed by atoms with Crippen LogP contribution in [0, 0.1) is 0 Å². The van der Waals surface area contributed by atoms with Gasteiger partial charge in [-0.15, -0.1) is 6.58 Å². The van der Waals surface area contributed by atoms with Crippen molar-refractivity contribution in [1.82, 2.24) is 0 Å². The molecule has 0 saturated carbocycles. The highest BCUT2D eigenvalue weighted by atomic mass is 19.4. The number of rotatable bonds is 2. The molecule has 0 heterocycles. The van der Waals surface area contributed by atoms with Gasteiger partial charge >= 0.3 is 6.18 Å². The summed E-state index contributed by atoms with van der Waals surface area (Å²) in [6.07, 6.45) is -3.18. The monoisotopic (exact) mass is 217 g/mol. The topological polar surface area (TPSA) is 46.2 Å². The average molecular weight is 217 g/mol. The molecule has 0 unspecified atom stereocenters. The third kappa shape index (κ3) is 2.50. The highest BCUT2D eigenvalue weighted by molar-refractivity contribution is 5.40. The van der Waals surface area contributed by atoms with Crippen molar-refractivity contribution in [3.8, 4) is 5.75 Å². The number of benzene rings is 1. The van der Waals surface area contributed by atoms with E-state index in [1.54, 1.807) is 0 Å². The van der Waals surface area contributed by atoms with Gasteiger partial charge in [0.05, 0.1) is 11.6 Å². The van der Waals surface area contributed by atoms with Crippen LogP contribution in [0.15, 0.2) is 30.9 Å². The molecule has 1 atom stereocenters. The lowest BCUT2D eigenvalue weighted by Crippen LogP contribution is -2.10. The molecule has 0 saturated heterocycles. The number of alkyl halides is 3. The quantitative estimate of drug-likeness (QED) is 0.748. The Morgan fingerprint density at radius 3 is 2.47 bits per heavy atom. The van der Waals surface area contributed by atoms with Gasteiger partial charge in [-0.3, -0.25) is 0 Å². The highest BCUT2D eigenvalue weighted by Crippen LogP contribution is 2.33. The zero-order valence-corrected chi connectivity index (χ0v) is 7.75. The molecule has 0 fully saturated rings. The Morgan fingerprint density at radius 2 is 2.00 bits per heavy atom. The Bertz CT molecular complexity index is 373. The Labute approximate surface area is 84.8 Å². The molecule has 0 bridgehead atoms. The summed E-state index contributed by atoms with van der Waals surface area (Å²) in [7, 11) is 0. The van der Waals surface area contributed by atoms with Crippen molar-refractivity contribution in [2.75, 3.05) is 0 Å². The second-order valence-corrected chi connectivity index (χ2v) is 3.03. The molecule has 0 spiro atoms. The van der Waals surface area contributed by atoms with Gasteiger partial charge in [-0.25, -0.2) is 0 Å². The van der Waals surface area contributed by atoms with Crippen molar-refractivity contribution in [1.29, 1.82) is 0 Å². The third-order valence-electron chi connectivity index (χ3n) is 1.97. The van der Waals surface area contributed by atoms with Crippen molar-refractivity contribution in [2.24, 2.45) is 5.73 Å². The van der Waals surface area contributed by atoms with Crippen molar-refractivity contribution in [3.05, 3.63) is 42.0 Å². The van der Waals surface area contributed by atoms with Crippen molar-refractivity contribution < 1.29 is 18.3 Å². The molecular formula is C10H10F3NO. The number of nitrogens with two attached hydrogens (primary N) is 1. The first-order valence-electron chi connectivity index (χ1n) is 4.14. The first-order chi connectivity index (χ1) is 6.86. The summed E-state index contributed by atoms with van der Waals surface area (Å²) in [4.78, 5) is 0. The largest absolute Gasteiger partial charge is 0.508 e. The molecule has 0 aliphatic carbocycles. The van der Waals surface area contributed by atoms with E-state index in [1.165, 1.54) is 6.08 Å². The van der Waals surface area contributed by atoms with Crippen molar-refractivity contribution in [2.45, 2.75) is 12.2 Å². The fourth-order valence-electron chi connectivity index (χ4n) is 1.12. The molecule has 82 valence electrons. The normalized spacial score (nSPS) is 13.6. The van der Waals surface area contributed by atoms with E-state index in [2.05, 4.69) is 6.58 Å². The molecule has 0 aromatic heterocycles. The highest BCUT2D eigenvalue weighted by Gasteiger charge is 2.31. The van der Waals surface area contributed by atoms with Crippen LogP contribution in [-0.4, -0.2) is 5.11 Å². The van der Waals surface area contributed by atoms with Crippen molar-refractivity contribution in [3.63, 3.8) is 0 Å². The molecule has 1 aromatic carbocycles. The molecule has 1 rings (SSSR count). The third-order valence-corrected chi connectivity index (χ3v) is 1.97. The summed E-state index contributed by atoms with van der Waals surface area (Å²) in [5.74, 6) is -0.268. The molecule has 0 aliphatic heterocycles. The van der Waals surface area contributed by atoms with Gasteiger partial charge in [0.25, 0.3) is 0 Å². The number of phenolic OH excluding ortho intramolecular Hbond substituents is 1. The van der Waals surface area contributed by atoms with Crippen molar-refractivity contribution >= 4 is 0 Å². The van der Waals surface area contributed by atoms with Gasteiger partial charge in [0, 0.05) is 5.56 Å². The Morgan fingerprint density at radius 1 is 1.40 bits per heavy atom. The van der Waals surface area contributed by atoms with Crippen LogP contribution < -0.4 is 5.73 Å². The maximum atomic E-state index is 12.3. The van der Waals surface area contributed by atoms with E-state index in [-0.39, 0.29) is 11.3 Å². The molecule has 5 heteroatoms. The molecule has 1 aromatic rings. The minimum absolute atomic E-state index is 0.0137. The predicted octanol–water partition coefficient (Wildman–Crippen LogP) is 2.60. The minimum Gasteiger partial charge on any atom is -0.508 e. The van der Waals surface area contributed by atoms with E-state index >= 15 is 0 Å². The Hall–Kier alpha value is -1.49. The average Bonchev–Trinajstić information content (AvgIpc) is 2.15. The Kier molecular flexibility index (Phi) is 3.04. The van der Waals surface area contributed by atoms with Crippen LogP contribution in [0.3, 0.4) is 0 Å². The van der Waals surface area contributed by atoms with Gasteiger partial charge in [0.1, 0.15) is 5.75 Å². The minimum atomic E-state index is -4.44. The smallest absolute Gasteiger partial charge is 0.416 e. The summed E-state index contributed by atoms with van der Waals surface area (Å²) in [5.41, 5.74) is 4.64. The van der Waals surface area contributed by atoms with E-state index in [0.29, 0.717) is 0 Å². The first-order valence-corrected chi connectivity index (χ1v) is 4.14. The molecule has 2 nitrogen and oxygen atoms in total. The van der Waals surface area contributed by atoms with E-state index in [9.17, 15) is 18.3 Å². The zero-order valence-electron chi connectivity index (χ0n) is 7.75. The molecular weight excluding hydrogens is 207 g/mol. The standard InChI is InChI=1S/C10H10F3NO/c1-2-8(14)7-5-6(10(11,12)13)3-4-9(7)15/h2-5,8,15H,1,14H2/t8-/m1/s1. The van der Waals surface area contributed by atoms with Crippen LogP contribution >= 0.6 is 0 Å². The van der Waals surface area contributed by atoms with Gasteiger partial charge < -0.3 is 10.8 Å². The van der Waals surface area contributed by atoms with Crippen LogP contribution in [-0.2, 0) is 6.18 Å². The van der Waals surface area contributed by atoms with E-state index in [4.69, 9.17) is 5.73 Å². The van der Waals surface area contributed by atoms with Gasteiger partial charge in [-0.05, 0) is 18.2 Å². The molecule has 0 amide bonds. The predicted molar refractivity (Wildman–Crippen MR) is 50.2 cm³/mol. The SMILES string of the molecule is C=C[C@@H](N)c1cc(C(F)(F)F)ccc1O. The summed E-state index contributed by atoms with van der Waals surface area (Å²) in [6, 6.07) is 1.78. The number of hydrogen-bond donors (Lipinski definition) is 2. The molecule has 0 aliphatic rings. The van der Waals surface area contributed by atoms with Gasteiger partial charge in [-0.1, -0.05) is 6.08 Å². The summed E-state index contributed by atoms with van der Waals surface area (Å²) < 4.78 is 37.0.